The second kappa shape index (κ2) is 4.87. The largest absolute Gasteiger partial charge is 0.509 e. The number of carbonyl (C=O) groups is 1. The van der Waals surface area contributed by atoms with E-state index >= 15 is 0 Å². The zero-order valence-corrected chi connectivity index (χ0v) is 5.05. The number of carboxylic acid groups (broad SMARTS) is 1. The molecule has 0 spiro atoms. The maximum Gasteiger partial charge on any atom is 0.509 e. The van der Waals surface area contributed by atoms with Gasteiger partial charge in [0.25, 0.3) is 0 Å². The van der Waals surface area contributed by atoms with Crippen molar-refractivity contribution >= 4 is 18.3 Å². The van der Waals surface area contributed by atoms with E-state index in [2.05, 4.69) is 14.7 Å². The first-order valence-electron chi connectivity index (χ1n) is 2.24. The number of nitrogens with zero attached hydrogens (tertiary/aromatic N) is 2. The van der Waals surface area contributed by atoms with Crippen LogP contribution >= 0.6 is 0 Å². The van der Waals surface area contributed by atoms with Gasteiger partial charge in [-0.3, -0.25) is 0 Å². The highest BCUT2D eigenvalue weighted by molar-refractivity contribution is 5.57. The lowest BCUT2D eigenvalue weighted by Crippen LogP contribution is -2.11. The van der Waals surface area contributed by atoms with Gasteiger partial charge in [0.2, 0.25) is 12.2 Å². The normalized spacial score (nSPS) is 10.2. The number of isocyanates is 2. The summed E-state index contributed by atoms with van der Waals surface area (Å²) in [5, 5.41) is 7.94. The van der Waals surface area contributed by atoms with Crippen molar-refractivity contribution in [1.82, 2.24) is 0 Å². The van der Waals surface area contributed by atoms with Crippen LogP contribution in [0.15, 0.2) is 9.98 Å². The lowest BCUT2D eigenvalue weighted by atomic mass is 11.0. The summed E-state index contributed by atoms with van der Waals surface area (Å²) in [4.78, 5) is 34.2. The first-order valence-corrected chi connectivity index (χ1v) is 2.24. The maximum absolute atomic E-state index is 9.76. The number of aliphatic imine (C=N–C) groups is 2. The lowest BCUT2D eigenvalue weighted by molar-refractivity contribution is 0.0590. The molecule has 11 heavy (non-hydrogen) atoms. The molecule has 7 heteroatoms. The van der Waals surface area contributed by atoms with Crippen LogP contribution in [0, 0.1) is 0 Å². The highest BCUT2D eigenvalue weighted by Gasteiger charge is 2.08. The van der Waals surface area contributed by atoms with E-state index in [4.69, 9.17) is 5.11 Å². The third-order valence-corrected chi connectivity index (χ3v) is 0.533. The number of rotatable bonds is 3. The van der Waals surface area contributed by atoms with Crippen LogP contribution in [0.3, 0.4) is 0 Å². The summed E-state index contributed by atoms with van der Waals surface area (Å²) < 4.78 is 3.79. The molecule has 0 saturated heterocycles. The Bertz CT molecular complexity index is 219. The van der Waals surface area contributed by atoms with Crippen molar-refractivity contribution in [2.75, 3.05) is 0 Å². The third-order valence-electron chi connectivity index (χ3n) is 0.533. The quantitative estimate of drug-likeness (QED) is 0.342. The van der Waals surface area contributed by atoms with Crippen molar-refractivity contribution in [1.29, 1.82) is 0 Å². The van der Waals surface area contributed by atoms with Gasteiger partial charge in [0, 0.05) is 0 Å². The van der Waals surface area contributed by atoms with Crippen LogP contribution < -0.4 is 0 Å². The van der Waals surface area contributed by atoms with Gasteiger partial charge < -0.3 is 9.84 Å². The highest BCUT2D eigenvalue weighted by atomic mass is 16.7. The molecule has 0 atom stereocenters. The lowest BCUT2D eigenvalue weighted by Gasteiger charge is -1.98. The SMILES string of the molecule is O=C=NC(N=C=O)OC(=O)O. The van der Waals surface area contributed by atoms with Gasteiger partial charge in [-0.1, -0.05) is 0 Å². The summed E-state index contributed by atoms with van der Waals surface area (Å²) in [6.07, 6.45) is -1.45. The summed E-state index contributed by atoms with van der Waals surface area (Å²) in [5.74, 6) is 0. The second-order valence-corrected chi connectivity index (χ2v) is 1.15. The van der Waals surface area contributed by atoms with E-state index in [9.17, 15) is 14.4 Å². The first kappa shape index (κ1) is 9.03. The van der Waals surface area contributed by atoms with Gasteiger partial charge in [-0.05, 0) is 0 Å². The molecule has 0 aromatic carbocycles. The minimum absolute atomic E-state index is 0.972. The standard InChI is InChI=1S/C4H2N2O5/c7-1-5-3(6-2-8)11-4(9)10/h3H,(H,9,10). The molecule has 0 heterocycles. The third kappa shape index (κ3) is 4.53. The summed E-state index contributed by atoms with van der Waals surface area (Å²) in [7, 11) is 0. The Labute approximate surface area is 60.0 Å². The molecule has 0 saturated carbocycles. The molecule has 0 bridgehead atoms. The fourth-order valence-corrected chi connectivity index (χ4v) is 0.262. The Kier molecular flexibility index (Phi) is 4.00. The van der Waals surface area contributed by atoms with Crippen LogP contribution in [0.5, 0.6) is 0 Å². The smallest absolute Gasteiger partial charge is 0.450 e. The number of hydrogen-bond acceptors (Lipinski definition) is 6. The molecule has 0 aliphatic rings. The van der Waals surface area contributed by atoms with Crippen LogP contribution in [0.1, 0.15) is 0 Å². The molecule has 0 aromatic heterocycles. The van der Waals surface area contributed by atoms with E-state index in [1.54, 1.807) is 0 Å². The van der Waals surface area contributed by atoms with Crippen LogP contribution in [-0.2, 0) is 14.3 Å². The Morgan fingerprint density at radius 1 is 1.36 bits per heavy atom. The molecule has 0 unspecified atom stereocenters. The van der Waals surface area contributed by atoms with Gasteiger partial charge in [0.15, 0.2) is 0 Å². The topological polar surface area (TPSA) is 105 Å². The number of hydrogen-bond donors (Lipinski definition) is 1. The molecule has 58 valence electrons. The van der Waals surface area contributed by atoms with Crippen LogP contribution in [0.2, 0.25) is 0 Å². The fourth-order valence-electron chi connectivity index (χ4n) is 0.262. The molecular formula is C4H2N2O5. The monoisotopic (exact) mass is 158 g/mol. The first-order chi connectivity index (χ1) is 5.20. The molecule has 0 radical (unpaired) electrons. The molecule has 0 aliphatic carbocycles. The van der Waals surface area contributed by atoms with E-state index in [0.29, 0.717) is 0 Å². The maximum atomic E-state index is 9.76. The van der Waals surface area contributed by atoms with E-state index < -0.39 is 12.5 Å². The summed E-state index contributed by atoms with van der Waals surface area (Å²) >= 11 is 0. The van der Waals surface area contributed by atoms with Crippen LogP contribution in [-0.4, -0.2) is 29.8 Å². The molecule has 0 rings (SSSR count). The average molecular weight is 158 g/mol. The second-order valence-electron chi connectivity index (χ2n) is 1.15. The van der Waals surface area contributed by atoms with Gasteiger partial charge in [0.1, 0.15) is 0 Å². The molecule has 7 nitrogen and oxygen atoms in total. The average Bonchev–Trinajstić information content (AvgIpc) is 1.87. The van der Waals surface area contributed by atoms with Gasteiger partial charge in [-0.25, -0.2) is 14.4 Å². The van der Waals surface area contributed by atoms with Gasteiger partial charge in [0.05, 0.1) is 0 Å². The van der Waals surface area contributed by atoms with Crippen LogP contribution in [0.25, 0.3) is 0 Å². The Balaban J connectivity index is 4.21. The van der Waals surface area contributed by atoms with Crippen molar-refractivity contribution in [3.8, 4) is 0 Å². The predicted octanol–water partition coefficient (Wildman–Crippen LogP) is -0.364. The molecule has 0 aromatic rings. The zero-order valence-electron chi connectivity index (χ0n) is 5.05. The minimum Gasteiger partial charge on any atom is -0.450 e. The fraction of sp³-hybridized carbons (Fsp3) is 0.250. The van der Waals surface area contributed by atoms with Crippen molar-refractivity contribution in [2.24, 2.45) is 9.98 Å². The van der Waals surface area contributed by atoms with Gasteiger partial charge in [-0.2, -0.15) is 0 Å². The molecular weight excluding hydrogens is 156 g/mol. The summed E-state index contributed by atoms with van der Waals surface area (Å²) in [6, 6.07) is 0. The van der Waals surface area contributed by atoms with Crippen molar-refractivity contribution in [2.45, 2.75) is 6.35 Å². The predicted molar refractivity (Wildman–Crippen MR) is 29.1 cm³/mol. The molecule has 1 N–H and O–H groups in total. The summed E-state index contributed by atoms with van der Waals surface area (Å²) in [5.41, 5.74) is 0. The van der Waals surface area contributed by atoms with E-state index in [0.717, 1.165) is 12.2 Å². The van der Waals surface area contributed by atoms with Gasteiger partial charge in [-0.15, -0.1) is 9.98 Å². The Morgan fingerprint density at radius 3 is 2.09 bits per heavy atom. The van der Waals surface area contributed by atoms with Gasteiger partial charge >= 0.3 is 12.5 Å². The molecule has 0 amide bonds. The molecule has 0 fully saturated rings. The van der Waals surface area contributed by atoms with E-state index in [1.807, 2.05) is 0 Å². The van der Waals surface area contributed by atoms with Crippen molar-refractivity contribution in [3.05, 3.63) is 0 Å². The Hall–Kier alpha value is -1.97. The van der Waals surface area contributed by atoms with E-state index in [-0.39, 0.29) is 0 Å². The van der Waals surface area contributed by atoms with Crippen LogP contribution in [0.4, 0.5) is 4.79 Å². The summed E-state index contributed by atoms with van der Waals surface area (Å²) in [6.45, 7) is 0. The highest BCUT2D eigenvalue weighted by Crippen LogP contribution is 1.93. The van der Waals surface area contributed by atoms with Crippen molar-refractivity contribution < 1.29 is 24.2 Å². The molecule has 0 aliphatic heterocycles. The van der Waals surface area contributed by atoms with Crippen molar-refractivity contribution in [3.63, 3.8) is 0 Å². The van der Waals surface area contributed by atoms with E-state index in [1.165, 1.54) is 0 Å². The minimum atomic E-state index is -1.70. The Morgan fingerprint density at radius 2 is 1.82 bits per heavy atom. The zero-order chi connectivity index (χ0) is 8.69. The number of ether oxygens (including phenoxy) is 1. The number of carbonyl (C=O) groups excluding carboxylic acids is 2.